The second-order valence-electron chi connectivity index (χ2n) is 6.41. The Balaban J connectivity index is 1.69. The van der Waals surface area contributed by atoms with Crippen molar-refractivity contribution in [3.63, 3.8) is 0 Å². The van der Waals surface area contributed by atoms with Crippen molar-refractivity contribution >= 4 is 23.2 Å². The Labute approximate surface area is 161 Å². The molecule has 0 atom stereocenters. The highest BCUT2D eigenvalue weighted by Crippen LogP contribution is 2.18. The van der Waals surface area contributed by atoms with Crippen molar-refractivity contribution in [3.8, 4) is 0 Å². The third-order valence-corrected chi connectivity index (χ3v) is 4.35. The topological polar surface area (TPSA) is 58.2 Å². The van der Waals surface area contributed by atoms with Gasteiger partial charge in [-0.15, -0.1) is 0 Å². The van der Waals surface area contributed by atoms with E-state index in [0.717, 1.165) is 23.3 Å². The molecule has 2 N–H and O–H groups in total. The van der Waals surface area contributed by atoms with Gasteiger partial charge in [-0.25, -0.2) is 8.78 Å². The molecule has 0 aliphatic rings. The van der Waals surface area contributed by atoms with E-state index in [4.69, 9.17) is 0 Å². The molecule has 2 amide bonds. The summed E-state index contributed by atoms with van der Waals surface area (Å²) in [6.45, 7) is 3.95. The van der Waals surface area contributed by atoms with Crippen molar-refractivity contribution in [1.29, 1.82) is 0 Å². The molecular weight excluding hydrogens is 362 g/mol. The highest BCUT2D eigenvalue weighted by Gasteiger charge is 2.12. The number of nitrogens with one attached hydrogen (secondary N) is 2. The van der Waals surface area contributed by atoms with Crippen LogP contribution in [0.5, 0.6) is 0 Å². The highest BCUT2D eigenvalue weighted by molar-refractivity contribution is 6.07. The van der Waals surface area contributed by atoms with Gasteiger partial charge in [0.2, 0.25) is 0 Å². The Morgan fingerprint density at radius 2 is 1.32 bits per heavy atom. The molecule has 3 aromatic rings. The average Bonchev–Trinajstić information content (AvgIpc) is 2.67. The minimum Gasteiger partial charge on any atom is -0.322 e. The number of rotatable bonds is 4. The fraction of sp³-hybridized carbons (Fsp3) is 0.0909. The first-order chi connectivity index (χ1) is 13.3. The van der Waals surface area contributed by atoms with Gasteiger partial charge in [0, 0.05) is 22.9 Å². The van der Waals surface area contributed by atoms with Crippen LogP contribution < -0.4 is 10.6 Å². The maximum Gasteiger partial charge on any atom is 0.255 e. The summed E-state index contributed by atoms with van der Waals surface area (Å²) in [6.07, 6.45) is 0. The molecule has 3 aromatic carbocycles. The first-order valence-electron chi connectivity index (χ1n) is 8.58. The van der Waals surface area contributed by atoms with Gasteiger partial charge in [0.25, 0.3) is 11.8 Å². The first-order valence-corrected chi connectivity index (χ1v) is 8.58. The van der Waals surface area contributed by atoms with Gasteiger partial charge in [-0.2, -0.15) is 0 Å². The summed E-state index contributed by atoms with van der Waals surface area (Å²) < 4.78 is 26.6. The van der Waals surface area contributed by atoms with Gasteiger partial charge in [0.15, 0.2) is 0 Å². The third kappa shape index (κ3) is 4.40. The summed E-state index contributed by atoms with van der Waals surface area (Å²) in [7, 11) is 0. The van der Waals surface area contributed by atoms with Crippen LogP contribution in [0, 0.1) is 25.5 Å². The molecule has 142 valence electrons. The zero-order valence-electron chi connectivity index (χ0n) is 15.3. The standard InChI is InChI=1S/C22H18F2N2O2/c1-13-3-9-18(11-14(13)2)25-21(27)15-4-6-16(7-5-15)22(28)26-20-10-8-17(23)12-19(20)24/h3-12H,1-2H3,(H,25,27)(H,26,28). The van der Waals surface area contributed by atoms with Crippen LogP contribution in [0.4, 0.5) is 20.2 Å². The van der Waals surface area contributed by atoms with Gasteiger partial charge in [0.1, 0.15) is 11.6 Å². The normalized spacial score (nSPS) is 10.4. The second-order valence-corrected chi connectivity index (χ2v) is 6.41. The minimum atomic E-state index is -0.863. The van der Waals surface area contributed by atoms with Crippen LogP contribution in [0.1, 0.15) is 31.8 Å². The van der Waals surface area contributed by atoms with Crippen molar-refractivity contribution < 1.29 is 18.4 Å². The predicted octanol–water partition coefficient (Wildman–Crippen LogP) is 5.09. The second kappa shape index (κ2) is 8.00. The molecule has 6 heteroatoms. The molecule has 0 heterocycles. The van der Waals surface area contributed by atoms with Crippen LogP contribution in [-0.2, 0) is 0 Å². The highest BCUT2D eigenvalue weighted by atomic mass is 19.1. The van der Waals surface area contributed by atoms with E-state index in [9.17, 15) is 18.4 Å². The number of anilines is 2. The Hall–Kier alpha value is -3.54. The third-order valence-electron chi connectivity index (χ3n) is 4.35. The molecule has 0 aliphatic carbocycles. The fourth-order valence-electron chi connectivity index (χ4n) is 2.58. The molecule has 3 rings (SSSR count). The van der Waals surface area contributed by atoms with Crippen LogP contribution in [0.3, 0.4) is 0 Å². The largest absolute Gasteiger partial charge is 0.322 e. The van der Waals surface area contributed by atoms with E-state index < -0.39 is 17.5 Å². The lowest BCUT2D eigenvalue weighted by Gasteiger charge is -2.09. The van der Waals surface area contributed by atoms with Crippen LogP contribution in [0.25, 0.3) is 0 Å². The Kier molecular flexibility index (Phi) is 5.49. The average molecular weight is 380 g/mol. The number of aryl methyl sites for hydroxylation is 2. The summed E-state index contributed by atoms with van der Waals surface area (Å²) in [5.41, 5.74) is 3.38. The van der Waals surface area contributed by atoms with Crippen molar-refractivity contribution in [1.82, 2.24) is 0 Å². The van der Waals surface area contributed by atoms with Gasteiger partial charge in [-0.3, -0.25) is 9.59 Å². The zero-order chi connectivity index (χ0) is 20.3. The first kappa shape index (κ1) is 19.2. The quantitative estimate of drug-likeness (QED) is 0.663. The van der Waals surface area contributed by atoms with Crippen LogP contribution >= 0.6 is 0 Å². The lowest BCUT2D eigenvalue weighted by Crippen LogP contribution is -2.15. The lowest BCUT2D eigenvalue weighted by molar-refractivity contribution is 0.101. The molecule has 0 saturated heterocycles. The SMILES string of the molecule is Cc1ccc(NC(=O)c2ccc(C(=O)Nc3ccc(F)cc3F)cc2)cc1C. The van der Waals surface area contributed by atoms with E-state index >= 15 is 0 Å². The van der Waals surface area contributed by atoms with E-state index in [1.54, 1.807) is 0 Å². The van der Waals surface area contributed by atoms with Crippen molar-refractivity contribution in [2.75, 3.05) is 10.6 Å². The number of hydrogen-bond acceptors (Lipinski definition) is 2. The lowest BCUT2D eigenvalue weighted by atomic mass is 10.1. The van der Waals surface area contributed by atoms with Crippen LogP contribution in [-0.4, -0.2) is 11.8 Å². The molecule has 4 nitrogen and oxygen atoms in total. The number of carbonyl (C=O) groups excluding carboxylic acids is 2. The molecule has 0 saturated carbocycles. The van der Waals surface area contributed by atoms with Crippen molar-refractivity contribution in [3.05, 3.63) is 94.6 Å². The van der Waals surface area contributed by atoms with Gasteiger partial charge < -0.3 is 10.6 Å². The maximum atomic E-state index is 13.6. The Morgan fingerprint density at radius 3 is 1.89 bits per heavy atom. The van der Waals surface area contributed by atoms with Crippen molar-refractivity contribution in [2.45, 2.75) is 13.8 Å². The minimum absolute atomic E-state index is 0.122. The van der Waals surface area contributed by atoms with E-state index in [-0.39, 0.29) is 17.2 Å². The summed E-state index contributed by atoms with van der Waals surface area (Å²) >= 11 is 0. The molecule has 0 aromatic heterocycles. The molecule has 0 spiro atoms. The molecular formula is C22H18F2N2O2. The number of halogens is 2. The number of benzene rings is 3. The van der Waals surface area contributed by atoms with Crippen molar-refractivity contribution in [2.24, 2.45) is 0 Å². The summed E-state index contributed by atoms with van der Waals surface area (Å²) in [4.78, 5) is 24.6. The molecule has 0 fully saturated rings. The van der Waals surface area contributed by atoms with Gasteiger partial charge in [-0.05, 0) is 73.5 Å². The van der Waals surface area contributed by atoms with Crippen LogP contribution in [0.15, 0.2) is 60.7 Å². The molecule has 28 heavy (non-hydrogen) atoms. The molecule has 0 unspecified atom stereocenters. The van der Waals surface area contributed by atoms with Gasteiger partial charge in [-0.1, -0.05) is 6.07 Å². The van der Waals surface area contributed by atoms with Gasteiger partial charge >= 0.3 is 0 Å². The van der Waals surface area contributed by atoms with E-state index in [0.29, 0.717) is 17.3 Å². The number of hydrogen-bond donors (Lipinski definition) is 2. The summed E-state index contributed by atoms with van der Waals surface area (Å²) in [5.74, 6) is -2.46. The van der Waals surface area contributed by atoms with E-state index in [1.807, 2.05) is 32.0 Å². The maximum absolute atomic E-state index is 13.6. The summed E-state index contributed by atoms with van der Waals surface area (Å²) in [5, 5.41) is 5.18. The molecule has 0 radical (unpaired) electrons. The van der Waals surface area contributed by atoms with Gasteiger partial charge in [0.05, 0.1) is 5.69 Å². The number of carbonyl (C=O) groups is 2. The Morgan fingerprint density at radius 1 is 0.714 bits per heavy atom. The number of amides is 2. The van der Waals surface area contributed by atoms with Crippen LogP contribution in [0.2, 0.25) is 0 Å². The summed E-state index contributed by atoms with van der Waals surface area (Å²) in [6, 6.07) is 14.5. The molecule has 0 aliphatic heterocycles. The van der Waals surface area contributed by atoms with E-state index in [2.05, 4.69) is 10.6 Å². The predicted molar refractivity (Wildman–Crippen MR) is 105 cm³/mol. The fourth-order valence-corrected chi connectivity index (χ4v) is 2.58. The smallest absolute Gasteiger partial charge is 0.255 e. The molecule has 0 bridgehead atoms. The Bertz CT molecular complexity index is 1050. The monoisotopic (exact) mass is 380 g/mol. The zero-order valence-corrected chi connectivity index (χ0v) is 15.3. The van der Waals surface area contributed by atoms with E-state index in [1.165, 1.54) is 24.3 Å².